The number of benzene rings is 1. The molecule has 1 unspecified atom stereocenters. The van der Waals surface area contributed by atoms with Crippen molar-refractivity contribution in [3.05, 3.63) is 42.1 Å². The van der Waals surface area contributed by atoms with E-state index >= 15 is 0 Å². The molecule has 2 nitrogen and oxygen atoms in total. The van der Waals surface area contributed by atoms with E-state index in [1.54, 1.807) is 0 Å². The van der Waals surface area contributed by atoms with Gasteiger partial charge in [-0.15, -0.1) is 0 Å². The monoisotopic (exact) mass is 246 g/mol. The first-order valence-corrected chi connectivity index (χ1v) is 7.09. The molecule has 2 N–H and O–H groups in total. The second kappa shape index (κ2) is 6.03. The Morgan fingerprint density at radius 1 is 1.29 bits per heavy atom. The van der Waals surface area contributed by atoms with Gasteiger partial charge in [0.15, 0.2) is 0 Å². The third kappa shape index (κ3) is 3.45. The fraction of sp³-hybridized carbons (Fsp3) is 0.357. The molecule has 0 amide bonds. The van der Waals surface area contributed by atoms with E-state index in [0.717, 1.165) is 23.4 Å². The third-order valence-corrected chi connectivity index (χ3v) is 3.75. The zero-order chi connectivity index (χ0) is 12.1. The minimum Gasteiger partial charge on any atom is -0.328 e. The molecule has 90 valence electrons. The minimum absolute atomic E-state index is 0.302. The van der Waals surface area contributed by atoms with Crippen molar-refractivity contribution in [2.24, 2.45) is 5.73 Å². The smallest absolute Gasteiger partial charge is 0.0705 e. The second-order valence-corrected chi connectivity index (χ2v) is 5.41. The molecular formula is C14H18N2S. The Hall–Kier alpha value is -1.06. The van der Waals surface area contributed by atoms with Gasteiger partial charge < -0.3 is 5.73 Å². The lowest BCUT2D eigenvalue weighted by Gasteiger charge is -2.07. The van der Waals surface area contributed by atoms with Crippen molar-refractivity contribution in [1.82, 2.24) is 4.98 Å². The van der Waals surface area contributed by atoms with Crippen LogP contribution in [0.2, 0.25) is 0 Å². The maximum Gasteiger partial charge on any atom is 0.0705 e. The summed E-state index contributed by atoms with van der Waals surface area (Å²) in [6, 6.07) is 10.7. The van der Waals surface area contributed by atoms with Crippen LogP contribution in [0.15, 0.2) is 36.5 Å². The first kappa shape index (κ1) is 12.4. The molecule has 0 saturated heterocycles. The van der Waals surface area contributed by atoms with E-state index in [1.807, 2.05) is 24.0 Å². The normalized spacial score (nSPS) is 12.8. The Morgan fingerprint density at radius 2 is 2.12 bits per heavy atom. The van der Waals surface area contributed by atoms with Gasteiger partial charge in [0.25, 0.3) is 0 Å². The van der Waals surface area contributed by atoms with E-state index in [-0.39, 0.29) is 0 Å². The SMILES string of the molecule is CC(N)CCSCc1ccnc2ccccc12. The van der Waals surface area contributed by atoms with Gasteiger partial charge >= 0.3 is 0 Å². The zero-order valence-corrected chi connectivity index (χ0v) is 10.9. The fourth-order valence-corrected chi connectivity index (χ4v) is 2.89. The number of rotatable bonds is 5. The maximum atomic E-state index is 5.74. The number of thioether (sulfide) groups is 1. The average molecular weight is 246 g/mol. The molecule has 2 aromatic rings. The fourth-order valence-electron chi connectivity index (χ4n) is 1.73. The Labute approximate surface area is 107 Å². The van der Waals surface area contributed by atoms with Crippen LogP contribution in [0.4, 0.5) is 0 Å². The van der Waals surface area contributed by atoms with Crippen molar-refractivity contribution >= 4 is 22.7 Å². The highest BCUT2D eigenvalue weighted by atomic mass is 32.2. The van der Waals surface area contributed by atoms with Gasteiger partial charge in [-0.1, -0.05) is 18.2 Å². The van der Waals surface area contributed by atoms with E-state index in [0.29, 0.717) is 6.04 Å². The van der Waals surface area contributed by atoms with Gasteiger partial charge in [0, 0.05) is 23.4 Å². The molecule has 1 aromatic heterocycles. The number of hydrogen-bond acceptors (Lipinski definition) is 3. The van der Waals surface area contributed by atoms with Crippen LogP contribution in [-0.4, -0.2) is 16.8 Å². The van der Waals surface area contributed by atoms with Crippen molar-refractivity contribution in [3.63, 3.8) is 0 Å². The Balaban J connectivity index is 2.03. The second-order valence-electron chi connectivity index (χ2n) is 4.31. The predicted molar refractivity (Wildman–Crippen MR) is 76.2 cm³/mol. The molecule has 1 aromatic carbocycles. The van der Waals surface area contributed by atoms with Gasteiger partial charge in [-0.25, -0.2) is 0 Å². The Bertz CT molecular complexity index is 477. The molecule has 0 bridgehead atoms. The molecule has 0 fully saturated rings. The summed E-state index contributed by atoms with van der Waals surface area (Å²) in [7, 11) is 0. The highest BCUT2D eigenvalue weighted by molar-refractivity contribution is 7.98. The molecule has 3 heteroatoms. The minimum atomic E-state index is 0.302. The van der Waals surface area contributed by atoms with Crippen LogP contribution in [0, 0.1) is 0 Å². The van der Waals surface area contributed by atoms with Crippen molar-refractivity contribution < 1.29 is 0 Å². The van der Waals surface area contributed by atoms with Crippen LogP contribution in [0.5, 0.6) is 0 Å². The quantitative estimate of drug-likeness (QED) is 0.823. The number of nitrogens with two attached hydrogens (primary N) is 1. The van der Waals surface area contributed by atoms with E-state index in [9.17, 15) is 0 Å². The highest BCUT2D eigenvalue weighted by Gasteiger charge is 2.01. The molecule has 0 spiro atoms. The number of hydrogen-bond donors (Lipinski definition) is 1. The molecule has 0 aliphatic rings. The van der Waals surface area contributed by atoms with Crippen LogP contribution in [-0.2, 0) is 5.75 Å². The van der Waals surface area contributed by atoms with E-state index in [4.69, 9.17) is 5.73 Å². The number of pyridine rings is 1. The van der Waals surface area contributed by atoms with Crippen LogP contribution < -0.4 is 5.73 Å². The van der Waals surface area contributed by atoms with Gasteiger partial charge in [-0.2, -0.15) is 11.8 Å². The van der Waals surface area contributed by atoms with Gasteiger partial charge in [0.2, 0.25) is 0 Å². The molecule has 1 atom stereocenters. The van der Waals surface area contributed by atoms with E-state index in [2.05, 4.69) is 36.2 Å². The molecule has 0 aliphatic carbocycles. The van der Waals surface area contributed by atoms with Crippen molar-refractivity contribution in [3.8, 4) is 0 Å². The first-order valence-electron chi connectivity index (χ1n) is 5.93. The van der Waals surface area contributed by atoms with Gasteiger partial charge in [-0.05, 0) is 36.8 Å². The lowest BCUT2D eigenvalue weighted by Crippen LogP contribution is -2.15. The van der Waals surface area contributed by atoms with Gasteiger partial charge in [0.1, 0.15) is 0 Å². The molecule has 0 saturated carbocycles. The molecule has 1 heterocycles. The van der Waals surface area contributed by atoms with Crippen LogP contribution in [0.1, 0.15) is 18.9 Å². The zero-order valence-electron chi connectivity index (χ0n) is 10.1. The number of fused-ring (bicyclic) bond motifs is 1. The Kier molecular flexibility index (Phi) is 4.40. The summed E-state index contributed by atoms with van der Waals surface area (Å²) in [4.78, 5) is 4.37. The van der Waals surface area contributed by atoms with Crippen LogP contribution in [0.25, 0.3) is 10.9 Å². The largest absolute Gasteiger partial charge is 0.328 e. The van der Waals surface area contributed by atoms with Gasteiger partial charge in [-0.3, -0.25) is 4.98 Å². The molecular weight excluding hydrogens is 228 g/mol. The van der Waals surface area contributed by atoms with Gasteiger partial charge in [0.05, 0.1) is 5.52 Å². The number of nitrogens with zero attached hydrogens (tertiary/aromatic N) is 1. The third-order valence-electron chi connectivity index (χ3n) is 2.71. The van der Waals surface area contributed by atoms with Crippen LogP contribution >= 0.6 is 11.8 Å². The predicted octanol–water partition coefficient (Wildman–Crippen LogP) is 3.21. The van der Waals surface area contributed by atoms with Crippen molar-refractivity contribution in [1.29, 1.82) is 0 Å². The van der Waals surface area contributed by atoms with Crippen LogP contribution in [0.3, 0.4) is 0 Å². The first-order chi connectivity index (χ1) is 8.27. The number of aromatic nitrogens is 1. The summed E-state index contributed by atoms with van der Waals surface area (Å²) >= 11 is 1.94. The Morgan fingerprint density at radius 3 is 2.94 bits per heavy atom. The summed E-state index contributed by atoms with van der Waals surface area (Å²) < 4.78 is 0. The summed E-state index contributed by atoms with van der Waals surface area (Å²) in [5.41, 5.74) is 8.19. The number of para-hydroxylation sites is 1. The lowest BCUT2D eigenvalue weighted by molar-refractivity contribution is 0.721. The summed E-state index contributed by atoms with van der Waals surface area (Å²) in [6.45, 7) is 2.06. The average Bonchev–Trinajstić information content (AvgIpc) is 2.34. The molecule has 2 rings (SSSR count). The summed E-state index contributed by atoms with van der Waals surface area (Å²) in [6.07, 6.45) is 2.97. The van der Waals surface area contributed by atoms with Crippen molar-refractivity contribution in [2.45, 2.75) is 25.1 Å². The summed E-state index contributed by atoms with van der Waals surface area (Å²) in [5, 5.41) is 1.27. The molecule has 0 aliphatic heterocycles. The van der Waals surface area contributed by atoms with Crippen molar-refractivity contribution in [2.75, 3.05) is 5.75 Å². The molecule has 0 radical (unpaired) electrons. The maximum absolute atomic E-state index is 5.74. The topological polar surface area (TPSA) is 38.9 Å². The highest BCUT2D eigenvalue weighted by Crippen LogP contribution is 2.21. The lowest BCUT2D eigenvalue weighted by atomic mass is 10.1. The van der Waals surface area contributed by atoms with E-state index in [1.165, 1.54) is 10.9 Å². The molecule has 17 heavy (non-hydrogen) atoms. The van der Waals surface area contributed by atoms with E-state index < -0.39 is 0 Å². The summed E-state index contributed by atoms with van der Waals surface area (Å²) in [5.74, 6) is 2.16. The standard InChI is InChI=1S/C14H18N2S/c1-11(15)7-9-17-10-12-6-8-16-14-5-3-2-4-13(12)14/h2-6,8,11H,7,9-10,15H2,1H3.